The van der Waals surface area contributed by atoms with Crippen molar-refractivity contribution in [2.75, 3.05) is 19.8 Å². The van der Waals surface area contributed by atoms with Gasteiger partial charge in [0.1, 0.15) is 5.69 Å². The number of nitrogens with zero attached hydrogens (tertiary/aromatic N) is 2. The average molecular weight is 391 g/mol. The van der Waals surface area contributed by atoms with Crippen LogP contribution in [0.4, 0.5) is 0 Å². The number of hydrogen-bond donors (Lipinski definition) is 1. The van der Waals surface area contributed by atoms with E-state index in [-0.39, 0.29) is 11.8 Å². The zero-order valence-electron chi connectivity index (χ0n) is 16.7. The second-order valence-corrected chi connectivity index (χ2v) is 7.30. The number of nitrogens with one attached hydrogen (secondary N) is 1. The molecule has 2 aromatic carbocycles. The lowest BCUT2D eigenvalue weighted by Gasteiger charge is -2.13. The molecule has 0 spiro atoms. The number of fused-ring (bicyclic) bond motifs is 1. The van der Waals surface area contributed by atoms with Crippen LogP contribution in [0.15, 0.2) is 54.7 Å². The average Bonchev–Trinajstić information content (AvgIpc) is 2.99. The maximum Gasteiger partial charge on any atom is 0.255 e. The topological polar surface area (TPSA) is 65.4 Å². The van der Waals surface area contributed by atoms with Gasteiger partial charge in [-0.3, -0.25) is 9.48 Å². The van der Waals surface area contributed by atoms with Crippen LogP contribution in [0.25, 0.3) is 11.3 Å². The molecule has 1 atom stereocenters. The molecular formula is C23H25N3O3. The highest BCUT2D eigenvalue weighted by Gasteiger charge is 2.20. The maximum absolute atomic E-state index is 12.9. The smallest absolute Gasteiger partial charge is 0.255 e. The molecule has 0 radical (unpaired) electrons. The van der Waals surface area contributed by atoms with E-state index in [4.69, 9.17) is 9.47 Å². The van der Waals surface area contributed by atoms with Crippen LogP contribution in [0.5, 0.6) is 11.5 Å². The van der Waals surface area contributed by atoms with Crippen LogP contribution < -0.4 is 14.8 Å². The molecule has 0 bridgehead atoms. The molecule has 0 fully saturated rings. The summed E-state index contributed by atoms with van der Waals surface area (Å²) >= 11 is 0. The summed E-state index contributed by atoms with van der Waals surface area (Å²) < 4.78 is 13.1. The van der Waals surface area contributed by atoms with Crippen molar-refractivity contribution in [3.05, 3.63) is 65.9 Å². The number of ether oxygens (including phenoxy) is 2. The van der Waals surface area contributed by atoms with Gasteiger partial charge in [-0.15, -0.1) is 0 Å². The summed E-state index contributed by atoms with van der Waals surface area (Å²) in [7, 11) is 1.82. The number of carbonyl (C=O) groups excluding carboxylic acids is 1. The number of aromatic nitrogens is 2. The van der Waals surface area contributed by atoms with Gasteiger partial charge < -0.3 is 14.8 Å². The van der Waals surface area contributed by atoms with E-state index in [0.29, 0.717) is 36.8 Å². The Bertz CT molecular complexity index is 998. The van der Waals surface area contributed by atoms with Crippen molar-refractivity contribution in [2.24, 2.45) is 7.05 Å². The third kappa shape index (κ3) is 4.26. The fourth-order valence-electron chi connectivity index (χ4n) is 3.42. The Morgan fingerprint density at radius 3 is 2.69 bits per heavy atom. The molecule has 0 unspecified atom stereocenters. The zero-order valence-corrected chi connectivity index (χ0v) is 16.7. The molecule has 0 saturated carbocycles. The van der Waals surface area contributed by atoms with Gasteiger partial charge in [-0.1, -0.05) is 37.3 Å². The summed E-state index contributed by atoms with van der Waals surface area (Å²) in [4.78, 5) is 12.9. The van der Waals surface area contributed by atoms with Gasteiger partial charge in [-0.25, -0.2) is 0 Å². The Hall–Kier alpha value is -3.28. The minimum absolute atomic E-state index is 0.136. The predicted molar refractivity (Wildman–Crippen MR) is 111 cm³/mol. The van der Waals surface area contributed by atoms with Crippen LogP contribution in [0, 0.1) is 0 Å². The van der Waals surface area contributed by atoms with Gasteiger partial charge in [0.15, 0.2) is 11.5 Å². The first-order valence-electron chi connectivity index (χ1n) is 9.88. The first-order chi connectivity index (χ1) is 14.1. The van der Waals surface area contributed by atoms with E-state index in [2.05, 4.69) is 29.5 Å². The Morgan fingerprint density at radius 2 is 1.90 bits per heavy atom. The standard InChI is InChI=1S/C23H25N3O3/c1-16(17-7-4-3-5-8-17)14-24-23(27)19-15-26(2)25-22(19)18-9-10-20-21(13-18)29-12-6-11-28-20/h3-5,7-10,13,15-16H,6,11-12,14H2,1-2H3,(H,24,27)/t16-/m1/s1. The van der Waals surface area contributed by atoms with Crippen LogP contribution in [0.3, 0.4) is 0 Å². The summed E-state index contributed by atoms with van der Waals surface area (Å²) in [5, 5.41) is 7.56. The monoisotopic (exact) mass is 391 g/mol. The molecule has 0 aliphatic carbocycles. The summed E-state index contributed by atoms with van der Waals surface area (Å²) in [6, 6.07) is 15.9. The first-order valence-corrected chi connectivity index (χ1v) is 9.88. The number of aryl methyl sites for hydroxylation is 1. The van der Waals surface area contributed by atoms with Crippen molar-refractivity contribution in [2.45, 2.75) is 19.3 Å². The number of carbonyl (C=O) groups is 1. The molecular weight excluding hydrogens is 366 g/mol. The van der Waals surface area contributed by atoms with Gasteiger partial charge in [0, 0.05) is 31.8 Å². The van der Waals surface area contributed by atoms with Crippen molar-refractivity contribution in [3.8, 4) is 22.8 Å². The highest BCUT2D eigenvalue weighted by Crippen LogP contribution is 2.34. The van der Waals surface area contributed by atoms with Crippen molar-refractivity contribution in [3.63, 3.8) is 0 Å². The molecule has 29 heavy (non-hydrogen) atoms. The lowest BCUT2D eigenvalue weighted by molar-refractivity contribution is 0.0952. The third-order valence-corrected chi connectivity index (χ3v) is 5.03. The van der Waals surface area contributed by atoms with Crippen LogP contribution in [0.2, 0.25) is 0 Å². The first kappa shape index (κ1) is 19.1. The van der Waals surface area contributed by atoms with Crippen molar-refractivity contribution >= 4 is 5.91 Å². The van der Waals surface area contributed by atoms with E-state index < -0.39 is 0 Å². The zero-order chi connectivity index (χ0) is 20.2. The molecule has 6 nitrogen and oxygen atoms in total. The van der Waals surface area contributed by atoms with Gasteiger partial charge >= 0.3 is 0 Å². The second kappa shape index (κ2) is 8.39. The minimum atomic E-state index is -0.136. The Kier molecular flexibility index (Phi) is 5.51. The summed E-state index contributed by atoms with van der Waals surface area (Å²) in [6.07, 6.45) is 2.60. The lowest BCUT2D eigenvalue weighted by Crippen LogP contribution is -2.27. The number of hydrogen-bond acceptors (Lipinski definition) is 4. The van der Waals surface area contributed by atoms with E-state index >= 15 is 0 Å². The number of amides is 1. The molecule has 150 valence electrons. The second-order valence-electron chi connectivity index (χ2n) is 7.30. The molecule has 3 aromatic rings. The Balaban J connectivity index is 1.54. The molecule has 2 heterocycles. The van der Waals surface area contributed by atoms with Gasteiger partial charge in [-0.2, -0.15) is 5.10 Å². The van der Waals surface area contributed by atoms with E-state index in [1.165, 1.54) is 5.56 Å². The summed E-state index contributed by atoms with van der Waals surface area (Å²) in [6.45, 7) is 3.91. The van der Waals surface area contributed by atoms with Gasteiger partial charge in [-0.05, 0) is 29.7 Å². The van der Waals surface area contributed by atoms with Crippen molar-refractivity contribution in [1.29, 1.82) is 0 Å². The maximum atomic E-state index is 12.9. The number of rotatable bonds is 5. The quantitative estimate of drug-likeness (QED) is 0.719. The Labute approximate surface area is 170 Å². The van der Waals surface area contributed by atoms with Gasteiger partial charge in [0.2, 0.25) is 0 Å². The molecule has 0 saturated heterocycles. The normalized spacial score (nSPS) is 14.1. The lowest BCUT2D eigenvalue weighted by atomic mass is 10.0. The number of benzene rings is 2. The van der Waals surface area contributed by atoms with E-state index in [1.807, 2.05) is 43.4 Å². The predicted octanol–water partition coefficient (Wildman–Crippen LogP) is 3.78. The van der Waals surface area contributed by atoms with E-state index in [0.717, 1.165) is 17.7 Å². The molecule has 1 aliphatic rings. The van der Waals surface area contributed by atoms with Crippen LogP contribution >= 0.6 is 0 Å². The molecule has 1 amide bonds. The van der Waals surface area contributed by atoms with Crippen LogP contribution in [-0.2, 0) is 7.05 Å². The molecule has 6 heteroatoms. The molecule has 1 aliphatic heterocycles. The fourth-order valence-corrected chi connectivity index (χ4v) is 3.42. The van der Waals surface area contributed by atoms with Crippen molar-refractivity contribution < 1.29 is 14.3 Å². The van der Waals surface area contributed by atoms with E-state index in [9.17, 15) is 4.79 Å². The molecule has 1 aromatic heterocycles. The SMILES string of the molecule is C[C@H](CNC(=O)c1cn(C)nc1-c1ccc2c(c1)OCCCO2)c1ccccc1. The summed E-state index contributed by atoms with van der Waals surface area (Å²) in [5.74, 6) is 1.50. The van der Waals surface area contributed by atoms with Crippen LogP contribution in [-0.4, -0.2) is 35.4 Å². The van der Waals surface area contributed by atoms with E-state index in [1.54, 1.807) is 10.9 Å². The molecule has 1 N–H and O–H groups in total. The fraction of sp³-hybridized carbons (Fsp3) is 0.304. The highest BCUT2D eigenvalue weighted by molar-refractivity contribution is 6.00. The van der Waals surface area contributed by atoms with Crippen molar-refractivity contribution in [1.82, 2.24) is 15.1 Å². The molecule has 4 rings (SSSR count). The largest absolute Gasteiger partial charge is 0.490 e. The highest BCUT2D eigenvalue weighted by atomic mass is 16.5. The Morgan fingerprint density at radius 1 is 1.14 bits per heavy atom. The van der Waals surface area contributed by atoms with Gasteiger partial charge in [0.05, 0.1) is 18.8 Å². The minimum Gasteiger partial charge on any atom is -0.490 e. The van der Waals surface area contributed by atoms with Gasteiger partial charge in [0.25, 0.3) is 5.91 Å². The van der Waals surface area contributed by atoms with Crippen LogP contribution in [0.1, 0.15) is 35.2 Å². The summed E-state index contributed by atoms with van der Waals surface area (Å²) in [5.41, 5.74) is 3.20. The third-order valence-electron chi connectivity index (χ3n) is 5.03.